The second-order valence-corrected chi connectivity index (χ2v) is 7.50. The minimum Gasteiger partial charge on any atom is -0.465 e. The molecule has 0 aliphatic carbocycles. The summed E-state index contributed by atoms with van der Waals surface area (Å²) in [6.07, 6.45) is -0.968. The molecular formula is C24H26N2O7. The van der Waals surface area contributed by atoms with Crippen molar-refractivity contribution in [3.8, 4) is 0 Å². The van der Waals surface area contributed by atoms with Gasteiger partial charge < -0.3 is 19.1 Å². The second-order valence-electron chi connectivity index (χ2n) is 7.50. The van der Waals surface area contributed by atoms with E-state index in [-0.39, 0.29) is 18.5 Å². The number of nitrogens with zero attached hydrogens (tertiary/aromatic N) is 2. The Morgan fingerprint density at radius 1 is 1.03 bits per heavy atom. The standard InChI is InChI=1S/C24H26N2O7/c1-15-7-5-6-8-18(15)22(28)25(14-21(31-2)32-3)19-13-20(27)26(23(19)29)17-11-9-16(10-12-17)24(30)33-4/h5-12,19,21H,13-14H2,1-4H3. The SMILES string of the molecule is COC(=O)c1ccc(N2C(=O)CC(N(CC(OC)OC)C(=O)c3ccccc3C)C2=O)cc1. The molecule has 2 aromatic carbocycles. The summed E-state index contributed by atoms with van der Waals surface area (Å²) in [4.78, 5) is 53.7. The molecule has 174 valence electrons. The largest absolute Gasteiger partial charge is 0.465 e. The molecule has 9 heteroatoms. The van der Waals surface area contributed by atoms with E-state index >= 15 is 0 Å². The van der Waals surface area contributed by atoms with Crippen LogP contribution >= 0.6 is 0 Å². The fourth-order valence-corrected chi connectivity index (χ4v) is 3.72. The Morgan fingerprint density at radius 3 is 2.24 bits per heavy atom. The molecule has 1 fully saturated rings. The highest BCUT2D eigenvalue weighted by molar-refractivity contribution is 6.23. The minimum absolute atomic E-state index is 0.0427. The molecule has 0 saturated carbocycles. The summed E-state index contributed by atoms with van der Waals surface area (Å²) < 4.78 is 15.2. The first-order valence-electron chi connectivity index (χ1n) is 10.3. The maximum absolute atomic E-state index is 13.4. The Balaban J connectivity index is 1.93. The van der Waals surface area contributed by atoms with Gasteiger partial charge in [0.1, 0.15) is 6.04 Å². The average Bonchev–Trinajstić information content (AvgIpc) is 3.12. The van der Waals surface area contributed by atoms with Crippen LogP contribution in [0, 0.1) is 6.92 Å². The Kier molecular flexibility index (Phi) is 7.57. The lowest BCUT2D eigenvalue weighted by atomic mass is 10.1. The number of hydrogen-bond acceptors (Lipinski definition) is 7. The van der Waals surface area contributed by atoms with E-state index in [4.69, 9.17) is 9.47 Å². The number of esters is 1. The molecule has 0 radical (unpaired) electrons. The van der Waals surface area contributed by atoms with Gasteiger partial charge in [0.05, 0.1) is 31.3 Å². The number of amides is 3. The van der Waals surface area contributed by atoms with E-state index < -0.39 is 36.0 Å². The van der Waals surface area contributed by atoms with Gasteiger partial charge in [0.25, 0.3) is 11.8 Å². The summed E-state index contributed by atoms with van der Waals surface area (Å²) in [5.74, 6) is -1.93. The van der Waals surface area contributed by atoms with E-state index in [0.29, 0.717) is 11.3 Å². The third kappa shape index (κ3) is 4.94. The van der Waals surface area contributed by atoms with Crippen LogP contribution in [0.5, 0.6) is 0 Å². The fraction of sp³-hybridized carbons (Fsp3) is 0.333. The lowest BCUT2D eigenvalue weighted by Gasteiger charge is -2.30. The molecule has 1 heterocycles. The van der Waals surface area contributed by atoms with E-state index in [1.165, 1.54) is 50.5 Å². The normalized spacial score (nSPS) is 15.8. The van der Waals surface area contributed by atoms with Crippen molar-refractivity contribution < 1.29 is 33.4 Å². The molecule has 0 N–H and O–H groups in total. The van der Waals surface area contributed by atoms with Gasteiger partial charge in [-0.1, -0.05) is 18.2 Å². The average molecular weight is 454 g/mol. The van der Waals surface area contributed by atoms with Crippen LogP contribution in [0.15, 0.2) is 48.5 Å². The van der Waals surface area contributed by atoms with Gasteiger partial charge in [0.2, 0.25) is 5.91 Å². The summed E-state index contributed by atoms with van der Waals surface area (Å²) in [5.41, 5.74) is 1.75. The third-order valence-electron chi connectivity index (χ3n) is 5.55. The first-order valence-corrected chi connectivity index (χ1v) is 10.3. The number of hydrogen-bond donors (Lipinski definition) is 0. The zero-order chi connectivity index (χ0) is 24.1. The molecule has 1 unspecified atom stereocenters. The summed E-state index contributed by atoms with van der Waals surface area (Å²) in [6.45, 7) is 1.76. The number of rotatable bonds is 8. The van der Waals surface area contributed by atoms with E-state index in [1.807, 2.05) is 6.07 Å². The molecule has 3 rings (SSSR count). The fourth-order valence-electron chi connectivity index (χ4n) is 3.72. The molecule has 3 amide bonds. The first-order chi connectivity index (χ1) is 15.8. The van der Waals surface area contributed by atoms with Gasteiger partial charge in [-0.15, -0.1) is 0 Å². The zero-order valence-electron chi connectivity index (χ0n) is 18.9. The van der Waals surface area contributed by atoms with E-state index in [2.05, 4.69) is 4.74 Å². The number of imide groups is 1. The molecule has 0 spiro atoms. The van der Waals surface area contributed by atoms with Gasteiger partial charge in [-0.3, -0.25) is 14.4 Å². The van der Waals surface area contributed by atoms with Crippen molar-refractivity contribution in [1.29, 1.82) is 0 Å². The molecule has 0 aromatic heterocycles. The molecule has 1 aliphatic heterocycles. The van der Waals surface area contributed by atoms with Gasteiger partial charge in [-0.05, 0) is 42.8 Å². The second kappa shape index (κ2) is 10.4. The highest BCUT2D eigenvalue weighted by Crippen LogP contribution is 2.28. The smallest absolute Gasteiger partial charge is 0.337 e. The van der Waals surface area contributed by atoms with Gasteiger partial charge >= 0.3 is 5.97 Å². The maximum atomic E-state index is 13.4. The summed E-state index contributed by atoms with van der Waals surface area (Å²) in [6, 6.07) is 11.9. The van der Waals surface area contributed by atoms with E-state index in [0.717, 1.165) is 10.5 Å². The van der Waals surface area contributed by atoms with Crippen molar-refractivity contribution in [2.24, 2.45) is 0 Å². The number of benzene rings is 2. The Hall–Kier alpha value is -3.56. The number of aryl methyl sites for hydroxylation is 1. The highest BCUT2D eigenvalue weighted by Gasteiger charge is 2.45. The van der Waals surface area contributed by atoms with Crippen LogP contribution in [-0.2, 0) is 23.8 Å². The van der Waals surface area contributed by atoms with Crippen molar-refractivity contribution in [2.75, 3.05) is 32.8 Å². The molecule has 2 aromatic rings. The van der Waals surface area contributed by atoms with Crippen molar-refractivity contribution in [3.05, 3.63) is 65.2 Å². The quantitative estimate of drug-likeness (QED) is 0.342. The number of carbonyl (C=O) groups excluding carboxylic acids is 4. The van der Waals surface area contributed by atoms with Crippen molar-refractivity contribution in [1.82, 2.24) is 4.90 Å². The van der Waals surface area contributed by atoms with Gasteiger partial charge in [0.15, 0.2) is 6.29 Å². The molecule has 1 aliphatic rings. The van der Waals surface area contributed by atoms with Crippen LogP contribution in [-0.4, -0.2) is 68.8 Å². The first kappa shape index (κ1) is 24.1. The molecule has 33 heavy (non-hydrogen) atoms. The monoisotopic (exact) mass is 454 g/mol. The Bertz CT molecular complexity index is 1050. The lowest BCUT2D eigenvalue weighted by molar-refractivity contribution is -0.128. The van der Waals surface area contributed by atoms with Crippen LogP contribution in [0.25, 0.3) is 0 Å². The zero-order valence-corrected chi connectivity index (χ0v) is 18.9. The van der Waals surface area contributed by atoms with E-state index in [9.17, 15) is 19.2 Å². The highest BCUT2D eigenvalue weighted by atomic mass is 16.7. The third-order valence-corrected chi connectivity index (χ3v) is 5.55. The van der Waals surface area contributed by atoms with Crippen molar-refractivity contribution in [2.45, 2.75) is 25.7 Å². The Labute approximate surface area is 191 Å². The Morgan fingerprint density at radius 2 is 1.67 bits per heavy atom. The van der Waals surface area contributed by atoms with Crippen LogP contribution in [0.4, 0.5) is 5.69 Å². The summed E-state index contributed by atoms with van der Waals surface area (Å²) in [5, 5.41) is 0. The number of ether oxygens (including phenoxy) is 3. The predicted molar refractivity (Wildman–Crippen MR) is 119 cm³/mol. The minimum atomic E-state index is -1.03. The summed E-state index contributed by atoms with van der Waals surface area (Å²) in [7, 11) is 4.13. The maximum Gasteiger partial charge on any atom is 0.337 e. The molecule has 1 atom stereocenters. The van der Waals surface area contributed by atoms with Crippen LogP contribution in [0.3, 0.4) is 0 Å². The van der Waals surface area contributed by atoms with Crippen LogP contribution in [0.2, 0.25) is 0 Å². The van der Waals surface area contributed by atoms with Gasteiger partial charge in [-0.25, -0.2) is 9.69 Å². The predicted octanol–water partition coefficient (Wildman–Crippen LogP) is 2.17. The van der Waals surface area contributed by atoms with Gasteiger partial charge in [0, 0.05) is 19.8 Å². The lowest BCUT2D eigenvalue weighted by Crippen LogP contribution is -2.49. The molecule has 0 bridgehead atoms. The summed E-state index contributed by atoms with van der Waals surface area (Å²) >= 11 is 0. The number of anilines is 1. The van der Waals surface area contributed by atoms with Crippen LogP contribution in [0.1, 0.15) is 32.7 Å². The molecule has 1 saturated heterocycles. The van der Waals surface area contributed by atoms with Crippen LogP contribution < -0.4 is 4.90 Å². The van der Waals surface area contributed by atoms with Crippen molar-refractivity contribution >= 4 is 29.4 Å². The van der Waals surface area contributed by atoms with Crippen molar-refractivity contribution in [3.63, 3.8) is 0 Å². The van der Waals surface area contributed by atoms with E-state index in [1.54, 1.807) is 25.1 Å². The number of methoxy groups -OCH3 is 3. The topological polar surface area (TPSA) is 102 Å². The van der Waals surface area contributed by atoms with Gasteiger partial charge in [-0.2, -0.15) is 0 Å². The number of carbonyl (C=O) groups is 4. The molecular weight excluding hydrogens is 428 g/mol. The molecule has 9 nitrogen and oxygen atoms in total.